The van der Waals surface area contributed by atoms with E-state index in [0.29, 0.717) is 5.41 Å². The van der Waals surface area contributed by atoms with Gasteiger partial charge in [0.05, 0.1) is 5.52 Å². The van der Waals surface area contributed by atoms with Gasteiger partial charge in [-0.15, -0.1) is 0 Å². The SMILES string of the molecule is Cc1ccnc2nc(C3(C)CC3)[nH]c12. The van der Waals surface area contributed by atoms with Gasteiger partial charge in [0.2, 0.25) is 0 Å². The summed E-state index contributed by atoms with van der Waals surface area (Å²) in [6, 6.07) is 2.01. The Morgan fingerprint density at radius 2 is 2.21 bits per heavy atom. The Balaban J connectivity index is 2.25. The Morgan fingerprint density at radius 3 is 2.86 bits per heavy atom. The third kappa shape index (κ3) is 0.983. The summed E-state index contributed by atoms with van der Waals surface area (Å²) in [7, 11) is 0. The summed E-state index contributed by atoms with van der Waals surface area (Å²) in [6.07, 6.45) is 4.30. The van der Waals surface area contributed by atoms with Crippen LogP contribution >= 0.6 is 0 Å². The van der Waals surface area contributed by atoms with Gasteiger partial charge in [-0.25, -0.2) is 9.97 Å². The quantitative estimate of drug-likeness (QED) is 0.744. The molecule has 0 bridgehead atoms. The molecular formula is C11H13N3. The monoisotopic (exact) mass is 187 g/mol. The maximum atomic E-state index is 4.54. The Bertz CT molecular complexity index is 494. The first-order valence-corrected chi connectivity index (χ1v) is 5.01. The van der Waals surface area contributed by atoms with E-state index in [-0.39, 0.29) is 0 Å². The molecule has 0 aliphatic heterocycles. The van der Waals surface area contributed by atoms with Crippen LogP contribution in [0.15, 0.2) is 12.3 Å². The van der Waals surface area contributed by atoms with E-state index in [1.54, 1.807) is 0 Å². The number of fused-ring (bicyclic) bond motifs is 1. The van der Waals surface area contributed by atoms with Gasteiger partial charge in [0.25, 0.3) is 0 Å². The van der Waals surface area contributed by atoms with Crippen molar-refractivity contribution in [2.75, 3.05) is 0 Å². The highest BCUT2D eigenvalue weighted by atomic mass is 15.0. The summed E-state index contributed by atoms with van der Waals surface area (Å²) < 4.78 is 0. The van der Waals surface area contributed by atoms with Gasteiger partial charge < -0.3 is 4.98 Å². The first-order valence-electron chi connectivity index (χ1n) is 5.01. The van der Waals surface area contributed by atoms with Gasteiger partial charge in [0.1, 0.15) is 5.82 Å². The van der Waals surface area contributed by atoms with Crippen molar-refractivity contribution in [3.05, 3.63) is 23.7 Å². The van der Waals surface area contributed by atoms with Crippen molar-refractivity contribution in [3.8, 4) is 0 Å². The van der Waals surface area contributed by atoms with Crippen molar-refractivity contribution in [2.45, 2.75) is 32.1 Å². The van der Waals surface area contributed by atoms with Gasteiger partial charge in [-0.05, 0) is 31.4 Å². The van der Waals surface area contributed by atoms with Crippen LogP contribution in [-0.2, 0) is 5.41 Å². The fourth-order valence-electron chi connectivity index (χ4n) is 1.75. The van der Waals surface area contributed by atoms with E-state index >= 15 is 0 Å². The molecule has 72 valence electrons. The highest BCUT2D eigenvalue weighted by molar-refractivity contribution is 5.74. The Hall–Kier alpha value is -1.38. The van der Waals surface area contributed by atoms with Crippen LogP contribution in [0.25, 0.3) is 11.2 Å². The zero-order chi connectivity index (χ0) is 9.76. The van der Waals surface area contributed by atoms with Crippen molar-refractivity contribution in [1.82, 2.24) is 15.0 Å². The van der Waals surface area contributed by atoms with Crippen LogP contribution in [0.3, 0.4) is 0 Å². The molecular weight excluding hydrogens is 174 g/mol. The predicted molar refractivity (Wildman–Crippen MR) is 55.2 cm³/mol. The molecule has 1 aliphatic rings. The number of H-pyrrole nitrogens is 1. The number of nitrogens with one attached hydrogen (secondary N) is 1. The molecule has 0 radical (unpaired) electrons. The molecule has 0 unspecified atom stereocenters. The first kappa shape index (κ1) is 7.97. The number of rotatable bonds is 1. The summed E-state index contributed by atoms with van der Waals surface area (Å²) in [5.41, 5.74) is 3.47. The van der Waals surface area contributed by atoms with Crippen molar-refractivity contribution in [1.29, 1.82) is 0 Å². The maximum Gasteiger partial charge on any atom is 0.177 e. The van der Waals surface area contributed by atoms with E-state index in [2.05, 4.69) is 28.8 Å². The van der Waals surface area contributed by atoms with Crippen LogP contribution in [0.4, 0.5) is 0 Å². The summed E-state index contributed by atoms with van der Waals surface area (Å²) in [6.45, 7) is 4.33. The lowest BCUT2D eigenvalue weighted by Crippen LogP contribution is -2.01. The molecule has 1 fully saturated rings. The van der Waals surface area contributed by atoms with Crippen LogP contribution < -0.4 is 0 Å². The highest BCUT2D eigenvalue weighted by Gasteiger charge is 2.42. The molecule has 3 nitrogen and oxygen atoms in total. The lowest BCUT2D eigenvalue weighted by Gasteiger charge is -2.00. The maximum absolute atomic E-state index is 4.54. The standard InChI is InChI=1S/C11H13N3/c1-7-3-6-12-9-8(7)13-10(14-9)11(2)4-5-11/h3,6H,4-5H2,1-2H3,(H,12,13,14). The number of hydrogen-bond acceptors (Lipinski definition) is 2. The minimum absolute atomic E-state index is 0.299. The average molecular weight is 187 g/mol. The normalized spacial score (nSPS) is 18.7. The van der Waals surface area contributed by atoms with Gasteiger partial charge in [0.15, 0.2) is 5.65 Å². The molecule has 1 aliphatic carbocycles. The molecule has 2 heterocycles. The highest BCUT2D eigenvalue weighted by Crippen LogP contribution is 2.46. The molecule has 1 N–H and O–H groups in total. The largest absolute Gasteiger partial charge is 0.340 e. The van der Waals surface area contributed by atoms with E-state index in [4.69, 9.17) is 0 Å². The Kier molecular flexibility index (Phi) is 1.34. The van der Waals surface area contributed by atoms with Crippen LogP contribution in [-0.4, -0.2) is 15.0 Å². The Morgan fingerprint density at radius 1 is 1.43 bits per heavy atom. The second-order valence-corrected chi connectivity index (χ2v) is 4.47. The number of imidazole rings is 1. The zero-order valence-electron chi connectivity index (χ0n) is 8.46. The van der Waals surface area contributed by atoms with Crippen molar-refractivity contribution >= 4 is 11.2 Å². The smallest absolute Gasteiger partial charge is 0.177 e. The second-order valence-electron chi connectivity index (χ2n) is 4.47. The van der Waals surface area contributed by atoms with Crippen molar-refractivity contribution < 1.29 is 0 Å². The van der Waals surface area contributed by atoms with Crippen LogP contribution in [0.1, 0.15) is 31.2 Å². The van der Waals surface area contributed by atoms with E-state index in [9.17, 15) is 0 Å². The molecule has 0 aromatic carbocycles. The van der Waals surface area contributed by atoms with Crippen LogP contribution in [0.5, 0.6) is 0 Å². The molecule has 0 atom stereocenters. The third-order valence-electron chi connectivity index (χ3n) is 3.17. The molecule has 1 saturated carbocycles. The molecule has 2 aromatic rings. The number of aromatic amines is 1. The third-order valence-corrected chi connectivity index (χ3v) is 3.17. The molecule has 3 heteroatoms. The minimum Gasteiger partial charge on any atom is -0.340 e. The van der Waals surface area contributed by atoms with Crippen molar-refractivity contribution in [3.63, 3.8) is 0 Å². The molecule has 0 spiro atoms. The van der Waals surface area contributed by atoms with E-state index in [0.717, 1.165) is 17.0 Å². The fraction of sp³-hybridized carbons (Fsp3) is 0.455. The van der Waals surface area contributed by atoms with Crippen molar-refractivity contribution in [2.24, 2.45) is 0 Å². The van der Waals surface area contributed by atoms with Crippen LogP contribution in [0, 0.1) is 6.92 Å². The predicted octanol–water partition coefficient (Wildman–Crippen LogP) is 2.32. The number of nitrogens with zero attached hydrogens (tertiary/aromatic N) is 2. The fourth-order valence-corrected chi connectivity index (χ4v) is 1.75. The molecule has 0 amide bonds. The number of hydrogen-bond donors (Lipinski definition) is 1. The van der Waals surface area contributed by atoms with Gasteiger partial charge >= 0.3 is 0 Å². The van der Waals surface area contributed by atoms with Gasteiger partial charge in [-0.3, -0.25) is 0 Å². The lowest BCUT2D eigenvalue weighted by atomic mass is 10.1. The number of aryl methyl sites for hydroxylation is 1. The summed E-state index contributed by atoms with van der Waals surface area (Å²) in [5, 5.41) is 0. The van der Waals surface area contributed by atoms with Crippen LogP contribution in [0.2, 0.25) is 0 Å². The molecule has 0 saturated heterocycles. The molecule has 2 aromatic heterocycles. The first-order chi connectivity index (χ1) is 6.69. The number of pyridine rings is 1. The molecule has 3 rings (SSSR count). The van der Waals surface area contributed by atoms with E-state index in [1.807, 2.05) is 12.3 Å². The van der Waals surface area contributed by atoms with Gasteiger partial charge in [-0.2, -0.15) is 0 Å². The van der Waals surface area contributed by atoms with E-state index < -0.39 is 0 Å². The average Bonchev–Trinajstić information content (AvgIpc) is 2.77. The lowest BCUT2D eigenvalue weighted by molar-refractivity contribution is 0.727. The summed E-state index contributed by atoms with van der Waals surface area (Å²) >= 11 is 0. The minimum atomic E-state index is 0.299. The zero-order valence-corrected chi connectivity index (χ0v) is 8.46. The Labute approximate surface area is 82.6 Å². The second kappa shape index (κ2) is 2.35. The summed E-state index contributed by atoms with van der Waals surface area (Å²) in [4.78, 5) is 12.2. The summed E-state index contributed by atoms with van der Waals surface area (Å²) in [5.74, 6) is 1.11. The molecule has 14 heavy (non-hydrogen) atoms. The topological polar surface area (TPSA) is 41.6 Å². The number of aromatic nitrogens is 3. The van der Waals surface area contributed by atoms with Gasteiger partial charge in [0, 0.05) is 11.6 Å². The van der Waals surface area contributed by atoms with E-state index in [1.165, 1.54) is 18.4 Å². The van der Waals surface area contributed by atoms with Gasteiger partial charge in [-0.1, -0.05) is 6.92 Å².